The molecule has 1 aliphatic rings. The molecule has 144 valence electrons. The van der Waals surface area contributed by atoms with E-state index in [4.69, 9.17) is 11.6 Å². The number of hydrogen-bond acceptors (Lipinski definition) is 4. The van der Waals surface area contributed by atoms with E-state index in [-0.39, 0.29) is 11.3 Å². The Labute approximate surface area is 180 Å². The van der Waals surface area contributed by atoms with Gasteiger partial charge in [0.2, 0.25) is 0 Å². The minimum atomic E-state index is -0.821. The molecule has 29 heavy (non-hydrogen) atoms. The minimum Gasteiger partial charge on any atom is -0.507 e. The highest BCUT2D eigenvalue weighted by molar-refractivity contribution is 9.10. The standard InChI is InChI=1S/C22H14BrClN2O3/c23-15-5-3-4-14(12-15)19-18(20(27)13-7-9-16(24)10-8-13)21(28)22(29)26(19)17-6-1-2-11-25-17/h1-12,19,27H/b20-18+/t19-/m0/s1. The first kappa shape index (κ1) is 19.4. The largest absolute Gasteiger partial charge is 0.507 e. The molecule has 1 amide bonds. The molecule has 4 rings (SSSR count). The van der Waals surface area contributed by atoms with Crippen LogP contribution in [0.5, 0.6) is 0 Å². The van der Waals surface area contributed by atoms with Gasteiger partial charge in [0.1, 0.15) is 11.6 Å². The van der Waals surface area contributed by atoms with Crippen LogP contribution in [0.2, 0.25) is 5.02 Å². The monoisotopic (exact) mass is 468 g/mol. The van der Waals surface area contributed by atoms with Gasteiger partial charge in [-0.2, -0.15) is 0 Å². The number of ketones is 1. The lowest BCUT2D eigenvalue weighted by atomic mass is 9.95. The minimum absolute atomic E-state index is 0.000996. The van der Waals surface area contributed by atoms with Crippen LogP contribution in [0.3, 0.4) is 0 Å². The second-order valence-electron chi connectivity index (χ2n) is 6.42. The topological polar surface area (TPSA) is 70.5 Å². The van der Waals surface area contributed by atoms with E-state index in [0.29, 0.717) is 22.0 Å². The predicted molar refractivity (Wildman–Crippen MR) is 115 cm³/mol. The molecule has 3 aromatic rings. The lowest BCUT2D eigenvalue weighted by Gasteiger charge is -2.24. The number of amides is 1. The SMILES string of the molecule is O=C1C(=O)N(c2ccccn2)[C@@H](c2cccc(Br)c2)/C1=C(\O)c1ccc(Cl)cc1. The van der Waals surface area contributed by atoms with Gasteiger partial charge in [-0.05, 0) is 54.1 Å². The normalized spacial score (nSPS) is 18.3. The van der Waals surface area contributed by atoms with Crippen molar-refractivity contribution in [2.45, 2.75) is 6.04 Å². The number of anilines is 1. The Balaban J connectivity index is 1.95. The fourth-order valence-corrected chi connectivity index (χ4v) is 3.86. The van der Waals surface area contributed by atoms with Crippen molar-refractivity contribution in [1.82, 2.24) is 4.98 Å². The zero-order valence-electron chi connectivity index (χ0n) is 14.9. The summed E-state index contributed by atoms with van der Waals surface area (Å²) in [5.74, 6) is -1.45. The van der Waals surface area contributed by atoms with Crippen LogP contribution in [-0.4, -0.2) is 21.8 Å². The molecule has 7 heteroatoms. The molecule has 1 saturated heterocycles. The molecular formula is C22H14BrClN2O3. The maximum atomic E-state index is 13.0. The van der Waals surface area contributed by atoms with Crippen LogP contribution in [0.1, 0.15) is 17.2 Å². The summed E-state index contributed by atoms with van der Waals surface area (Å²) < 4.78 is 0.785. The van der Waals surface area contributed by atoms with Crippen LogP contribution in [0.4, 0.5) is 5.82 Å². The smallest absolute Gasteiger partial charge is 0.301 e. The fraction of sp³-hybridized carbons (Fsp3) is 0.0455. The fourth-order valence-electron chi connectivity index (χ4n) is 3.32. The number of pyridine rings is 1. The Kier molecular flexibility index (Phi) is 5.22. The number of benzene rings is 2. The second-order valence-corrected chi connectivity index (χ2v) is 7.77. The summed E-state index contributed by atoms with van der Waals surface area (Å²) in [7, 11) is 0. The van der Waals surface area contributed by atoms with E-state index < -0.39 is 17.7 Å². The molecule has 0 radical (unpaired) electrons. The Morgan fingerprint density at radius 1 is 1.03 bits per heavy atom. The maximum absolute atomic E-state index is 13.0. The molecule has 0 spiro atoms. The summed E-state index contributed by atoms with van der Waals surface area (Å²) in [5.41, 5.74) is 1.06. The summed E-state index contributed by atoms with van der Waals surface area (Å²) in [6.07, 6.45) is 1.55. The maximum Gasteiger partial charge on any atom is 0.301 e. The van der Waals surface area contributed by atoms with Crippen molar-refractivity contribution in [1.29, 1.82) is 0 Å². The number of Topliss-reactive ketones (excluding diaryl/α,β-unsaturated/α-hetero) is 1. The zero-order chi connectivity index (χ0) is 20.5. The number of hydrogen-bond donors (Lipinski definition) is 1. The molecule has 1 aliphatic heterocycles. The first-order valence-corrected chi connectivity index (χ1v) is 9.88. The van der Waals surface area contributed by atoms with Crippen LogP contribution >= 0.6 is 27.5 Å². The van der Waals surface area contributed by atoms with Crippen molar-refractivity contribution in [2.24, 2.45) is 0 Å². The summed E-state index contributed by atoms with van der Waals surface area (Å²) in [5, 5.41) is 11.5. The van der Waals surface area contributed by atoms with Crippen molar-refractivity contribution in [3.05, 3.63) is 99.1 Å². The quantitative estimate of drug-likeness (QED) is 0.328. The average molecular weight is 470 g/mol. The highest BCUT2D eigenvalue weighted by Gasteiger charge is 2.47. The number of rotatable bonds is 3. The van der Waals surface area contributed by atoms with Crippen LogP contribution in [0, 0.1) is 0 Å². The molecular weight excluding hydrogens is 456 g/mol. The molecule has 5 nitrogen and oxygen atoms in total. The van der Waals surface area contributed by atoms with Crippen LogP contribution in [0.25, 0.3) is 5.76 Å². The number of aromatic nitrogens is 1. The third-order valence-corrected chi connectivity index (χ3v) is 5.37. The highest BCUT2D eigenvalue weighted by Crippen LogP contribution is 2.42. The Hall–Kier alpha value is -2.96. The van der Waals surface area contributed by atoms with E-state index in [9.17, 15) is 14.7 Å². The number of halogens is 2. The number of aliphatic hydroxyl groups is 1. The molecule has 1 aromatic heterocycles. The van der Waals surface area contributed by atoms with Gasteiger partial charge in [0.25, 0.3) is 5.78 Å². The summed E-state index contributed by atoms with van der Waals surface area (Å²) >= 11 is 9.36. The van der Waals surface area contributed by atoms with E-state index >= 15 is 0 Å². The zero-order valence-corrected chi connectivity index (χ0v) is 17.3. The molecule has 2 aromatic carbocycles. The summed E-state index contributed by atoms with van der Waals surface area (Å²) in [6, 6.07) is 18.0. The van der Waals surface area contributed by atoms with Gasteiger partial charge >= 0.3 is 5.91 Å². The Morgan fingerprint density at radius 3 is 2.45 bits per heavy atom. The summed E-state index contributed by atoms with van der Waals surface area (Å²) in [4.78, 5) is 31.5. The predicted octanol–water partition coefficient (Wildman–Crippen LogP) is 5.12. The van der Waals surface area contributed by atoms with Gasteiger partial charge < -0.3 is 5.11 Å². The molecule has 1 fully saturated rings. The van der Waals surface area contributed by atoms with E-state index in [2.05, 4.69) is 20.9 Å². The Bertz CT molecular complexity index is 1130. The lowest BCUT2D eigenvalue weighted by molar-refractivity contribution is -0.132. The molecule has 0 saturated carbocycles. The van der Waals surface area contributed by atoms with Crippen molar-refractivity contribution in [3.63, 3.8) is 0 Å². The Morgan fingerprint density at radius 2 is 1.79 bits per heavy atom. The number of carbonyl (C=O) groups is 2. The average Bonchev–Trinajstić information content (AvgIpc) is 2.99. The van der Waals surface area contributed by atoms with Gasteiger partial charge in [-0.1, -0.05) is 45.7 Å². The van der Waals surface area contributed by atoms with Crippen LogP contribution < -0.4 is 4.90 Å². The van der Waals surface area contributed by atoms with Gasteiger partial charge in [0.05, 0.1) is 11.6 Å². The van der Waals surface area contributed by atoms with Crippen LogP contribution in [-0.2, 0) is 9.59 Å². The molecule has 1 atom stereocenters. The number of aliphatic hydroxyl groups excluding tert-OH is 1. The van der Waals surface area contributed by atoms with E-state index in [1.165, 1.54) is 4.90 Å². The summed E-state index contributed by atoms with van der Waals surface area (Å²) in [6.45, 7) is 0. The van der Waals surface area contributed by atoms with Gasteiger partial charge in [0, 0.05) is 21.3 Å². The van der Waals surface area contributed by atoms with Crippen molar-refractivity contribution in [2.75, 3.05) is 4.90 Å². The van der Waals surface area contributed by atoms with Crippen molar-refractivity contribution in [3.8, 4) is 0 Å². The second kappa shape index (κ2) is 7.81. The van der Waals surface area contributed by atoms with Crippen LogP contribution in [0.15, 0.2) is 83.0 Å². The van der Waals surface area contributed by atoms with Gasteiger partial charge in [-0.25, -0.2) is 4.98 Å². The first-order valence-electron chi connectivity index (χ1n) is 8.71. The molecule has 0 aliphatic carbocycles. The molecule has 0 bridgehead atoms. The van der Waals surface area contributed by atoms with Gasteiger partial charge in [-0.3, -0.25) is 14.5 Å². The first-order chi connectivity index (χ1) is 14.0. The number of carbonyl (C=O) groups excluding carboxylic acids is 2. The lowest BCUT2D eigenvalue weighted by Crippen LogP contribution is -2.30. The van der Waals surface area contributed by atoms with Crippen molar-refractivity contribution >= 4 is 50.8 Å². The molecule has 1 N–H and O–H groups in total. The van der Waals surface area contributed by atoms with E-state index in [0.717, 1.165) is 4.47 Å². The molecule has 0 unspecified atom stereocenters. The number of nitrogens with zero attached hydrogens (tertiary/aromatic N) is 2. The van der Waals surface area contributed by atoms with Crippen molar-refractivity contribution < 1.29 is 14.7 Å². The third kappa shape index (κ3) is 3.57. The van der Waals surface area contributed by atoms with E-state index in [1.54, 1.807) is 60.8 Å². The van der Waals surface area contributed by atoms with E-state index in [1.807, 2.05) is 12.1 Å². The molecule has 2 heterocycles. The van der Waals surface area contributed by atoms with Gasteiger partial charge in [-0.15, -0.1) is 0 Å². The van der Waals surface area contributed by atoms with Gasteiger partial charge in [0.15, 0.2) is 0 Å². The highest BCUT2D eigenvalue weighted by atomic mass is 79.9. The third-order valence-electron chi connectivity index (χ3n) is 4.62.